The second-order valence-electron chi connectivity index (χ2n) is 9.01. The van der Waals surface area contributed by atoms with Crippen LogP contribution in [0.25, 0.3) is 0 Å². The number of nitrogens with zero attached hydrogens (tertiary/aromatic N) is 3. The SMILES string of the molecule is O=C(CN1CCOCC1)N1C[C@@H](c2ccc3c(c2)OCO3)[C@@H]2[C@H]1C1CCN2CC1. The molecule has 7 heteroatoms. The summed E-state index contributed by atoms with van der Waals surface area (Å²) >= 11 is 0. The van der Waals surface area contributed by atoms with Gasteiger partial charge in [0.2, 0.25) is 12.7 Å². The average Bonchev–Trinajstić information content (AvgIpc) is 3.41. The predicted octanol–water partition coefficient (Wildman–Crippen LogP) is 1.14. The van der Waals surface area contributed by atoms with Crippen molar-refractivity contribution in [3.05, 3.63) is 23.8 Å². The van der Waals surface area contributed by atoms with Crippen LogP contribution >= 0.6 is 0 Å². The first-order valence-electron chi connectivity index (χ1n) is 11.0. The molecule has 0 aliphatic carbocycles. The number of likely N-dealkylation sites (tertiary alicyclic amines) is 1. The summed E-state index contributed by atoms with van der Waals surface area (Å²) in [6.45, 7) is 7.14. The molecular formula is C22H29N3O4. The summed E-state index contributed by atoms with van der Waals surface area (Å²) in [5.74, 6) is 2.94. The van der Waals surface area contributed by atoms with Crippen molar-refractivity contribution in [2.75, 3.05) is 59.3 Å². The normalized spacial score (nSPS) is 35.7. The molecule has 1 aromatic carbocycles. The van der Waals surface area contributed by atoms with E-state index in [1.807, 2.05) is 6.07 Å². The number of hydrogen-bond donors (Lipinski definition) is 0. The van der Waals surface area contributed by atoms with Crippen LogP contribution in [0.2, 0.25) is 0 Å². The fraction of sp³-hybridized carbons (Fsp3) is 0.682. The Kier molecular flexibility index (Phi) is 4.43. The van der Waals surface area contributed by atoms with Gasteiger partial charge in [-0.3, -0.25) is 14.6 Å². The highest BCUT2D eigenvalue weighted by Gasteiger charge is 2.54. The maximum atomic E-state index is 13.4. The van der Waals surface area contributed by atoms with E-state index < -0.39 is 0 Å². The summed E-state index contributed by atoms with van der Waals surface area (Å²) in [7, 11) is 0. The van der Waals surface area contributed by atoms with Crippen LogP contribution in [-0.2, 0) is 9.53 Å². The number of piperidine rings is 3. The third-order valence-electron chi connectivity index (χ3n) is 7.60. The van der Waals surface area contributed by atoms with Crippen molar-refractivity contribution in [1.82, 2.24) is 14.7 Å². The van der Waals surface area contributed by atoms with Gasteiger partial charge in [-0.1, -0.05) is 6.07 Å². The van der Waals surface area contributed by atoms with Crippen molar-refractivity contribution in [3.8, 4) is 11.5 Å². The second-order valence-corrected chi connectivity index (χ2v) is 9.01. The van der Waals surface area contributed by atoms with Gasteiger partial charge in [0.15, 0.2) is 11.5 Å². The van der Waals surface area contributed by atoms with Crippen LogP contribution in [0, 0.1) is 5.92 Å². The van der Waals surface area contributed by atoms with Crippen molar-refractivity contribution in [3.63, 3.8) is 0 Å². The minimum atomic E-state index is 0.291. The highest BCUT2D eigenvalue weighted by molar-refractivity contribution is 5.79. The smallest absolute Gasteiger partial charge is 0.237 e. The molecule has 7 nitrogen and oxygen atoms in total. The third-order valence-corrected chi connectivity index (χ3v) is 7.60. The van der Waals surface area contributed by atoms with Crippen LogP contribution in [-0.4, -0.2) is 92.0 Å². The zero-order valence-electron chi connectivity index (χ0n) is 16.8. The quantitative estimate of drug-likeness (QED) is 0.760. The highest BCUT2D eigenvalue weighted by atomic mass is 16.7. The van der Waals surface area contributed by atoms with Crippen molar-refractivity contribution in [1.29, 1.82) is 0 Å². The van der Waals surface area contributed by atoms with Gasteiger partial charge >= 0.3 is 0 Å². The van der Waals surface area contributed by atoms with Gasteiger partial charge in [0, 0.05) is 31.6 Å². The lowest BCUT2D eigenvalue weighted by Crippen LogP contribution is -2.61. The van der Waals surface area contributed by atoms with Crippen molar-refractivity contribution in [2.45, 2.75) is 30.8 Å². The van der Waals surface area contributed by atoms with Gasteiger partial charge in [-0.05, 0) is 49.5 Å². The summed E-state index contributed by atoms with van der Waals surface area (Å²) in [5, 5.41) is 0. The summed E-state index contributed by atoms with van der Waals surface area (Å²) in [5.41, 5.74) is 1.28. The molecular weight excluding hydrogens is 370 g/mol. The Balaban J connectivity index is 1.28. The molecule has 0 spiro atoms. The number of carbonyl (C=O) groups is 1. The molecule has 7 rings (SSSR count). The van der Waals surface area contributed by atoms with Crippen LogP contribution in [0.5, 0.6) is 11.5 Å². The lowest BCUT2D eigenvalue weighted by atomic mass is 9.75. The Morgan fingerprint density at radius 2 is 1.79 bits per heavy atom. The number of ether oxygens (including phenoxy) is 3. The van der Waals surface area contributed by atoms with Gasteiger partial charge in [-0.2, -0.15) is 0 Å². The molecule has 2 bridgehead atoms. The largest absolute Gasteiger partial charge is 0.454 e. The molecule has 29 heavy (non-hydrogen) atoms. The van der Waals surface area contributed by atoms with Crippen molar-refractivity contribution < 1.29 is 19.0 Å². The van der Waals surface area contributed by atoms with E-state index in [2.05, 4.69) is 26.8 Å². The Bertz CT molecular complexity index is 788. The minimum absolute atomic E-state index is 0.291. The molecule has 5 saturated heterocycles. The van der Waals surface area contributed by atoms with E-state index in [1.165, 1.54) is 31.5 Å². The summed E-state index contributed by atoms with van der Waals surface area (Å²) < 4.78 is 16.6. The van der Waals surface area contributed by atoms with E-state index in [-0.39, 0.29) is 0 Å². The standard InChI is InChI=1S/C22H29N3O4/c26-20(13-23-7-9-27-10-8-23)25-12-17(16-1-2-18-19(11-16)29-14-28-18)22-21(25)15-3-5-24(22)6-4-15/h1-2,11,15,17,21-22H,3-10,12-14H2/t17-,21+,22+/m0/s1. The first kappa shape index (κ1) is 18.0. The predicted molar refractivity (Wildman–Crippen MR) is 106 cm³/mol. The second kappa shape index (κ2) is 7.15. The maximum Gasteiger partial charge on any atom is 0.237 e. The van der Waals surface area contributed by atoms with Crippen LogP contribution < -0.4 is 9.47 Å². The number of benzene rings is 1. The number of hydrogen-bond acceptors (Lipinski definition) is 6. The van der Waals surface area contributed by atoms with Gasteiger partial charge in [0.1, 0.15) is 0 Å². The number of rotatable bonds is 3. The number of fused-ring (bicyclic) bond motifs is 3. The number of carbonyl (C=O) groups excluding carboxylic acids is 1. The molecule has 6 aliphatic rings. The van der Waals surface area contributed by atoms with Crippen LogP contribution in [0.15, 0.2) is 18.2 Å². The molecule has 3 atom stereocenters. The molecule has 1 aromatic rings. The van der Waals surface area contributed by atoms with E-state index in [0.717, 1.165) is 44.3 Å². The zero-order valence-corrected chi connectivity index (χ0v) is 16.8. The molecule has 5 fully saturated rings. The highest BCUT2D eigenvalue weighted by Crippen LogP contribution is 2.47. The third kappa shape index (κ3) is 3.02. The molecule has 1 amide bonds. The Morgan fingerprint density at radius 1 is 1.00 bits per heavy atom. The minimum Gasteiger partial charge on any atom is -0.454 e. The monoisotopic (exact) mass is 399 g/mol. The van der Waals surface area contributed by atoms with Crippen LogP contribution in [0.4, 0.5) is 0 Å². The van der Waals surface area contributed by atoms with Crippen LogP contribution in [0.1, 0.15) is 24.3 Å². The molecule has 0 saturated carbocycles. The molecule has 0 aromatic heterocycles. The van der Waals surface area contributed by atoms with Gasteiger partial charge in [0.05, 0.1) is 25.8 Å². The lowest BCUT2D eigenvalue weighted by molar-refractivity contribution is -0.138. The van der Waals surface area contributed by atoms with Crippen LogP contribution in [0.3, 0.4) is 0 Å². The topological polar surface area (TPSA) is 54.5 Å². The molecule has 6 aliphatic heterocycles. The van der Waals surface area contributed by atoms with E-state index in [1.54, 1.807) is 0 Å². The van der Waals surface area contributed by atoms with E-state index in [9.17, 15) is 4.79 Å². The van der Waals surface area contributed by atoms with E-state index in [4.69, 9.17) is 14.2 Å². The summed E-state index contributed by atoms with van der Waals surface area (Å²) in [6.07, 6.45) is 2.44. The molecule has 6 heterocycles. The Labute approximate surface area is 171 Å². The maximum absolute atomic E-state index is 13.4. The number of amides is 1. The molecule has 156 valence electrons. The molecule has 0 N–H and O–H groups in total. The average molecular weight is 399 g/mol. The van der Waals surface area contributed by atoms with Gasteiger partial charge in [-0.25, -0.2) is 0 Å². The fourth-order valence-electron chi connectivity index (χ4n) is 6.18. The van der Waals surface area contributed by atoms with Crippen molar-refractivity contribution >= 4 is 5.91 Å². The van der Waals surface area contributed by atoms with Gasteiger partial charge in [-0.15, -0.1) is 0 Å². The summed E-state index contributed by atoms with van der Waals surface area (Å²) in [6, 6.07) is 7.12. The van der Waals surface area contributed by atoms with Gasteiger partial charge < -0.3 is 19.1 Å². The van der Waals surface area contributed by atoms with Gasteiger partial charge in [0.25, 0.3) is 0 Å². The Morgan fingerprint density at radius 3 is 2.62 bits per heavy atom. The first-order chi connectivity index (χ1) is 14.3. The zero-order chi connectivity index (χ0) is 19.4. The van der Waals surface area contributed by atoms with Crippen molar-refractivity contribution in [2.24, 2.45) is 5.92 Å². The number of morpholine rings is 1. The van der Waals surface area contributed by atoms with E-state index in [0.29, 0.717) is 43.2 Å². The summed E-state index contributed by atoms with van der Waals surface area (Å²) in [4.78, 5) is 20.5. The fourth-order valence-corrected chi connectivity index (χ4v) is 6.18. The first-order valence-corrected chi connectivity index (χ1v) is 11.0. The lowest BCUT2D eigenvalue weighted by Gasteiger charge is -2.51. The molecule has 0 unspecified atom stereocenters. The van der Waals surface area contributed by atoms with E-state index >= 15 is 0 Å². The Hall–Kier alpha value is -1.83. The molecule has 0 radical (unpaired) electrons.